The van der Waals surface area contributed by atoms with Crippen LogP contribution in [0.1, 0.15) is 288 Å². The molecule has 0 radical (unpaired) electrons. The highest BCUT2D eigenvalue weighted by Crippen LogP contribution is 2.40. The second-order valence-corrected chi connectivity index (χ2v) is 21.2. The van der Waals surface area contributed by atoms with Crippen molar-refractivity contribution >= 4 is 34.8 Å². The molecule has 2 rings (SSSR count). The summed E-state index contributed by atoms with van der Waals surface area (Å²) in [5.74, 6) is 1.68. The average molecular weight is 923 g/mol. The van der Waals surface area contributed by atoms with E-state index in [9.17, 15) is 0 Å². The van der Waals surface area contributed by atoms with Gasteiger partial charge in [-0.2, -0.15) is 0 Å². The van der Waals surface area contributed by atoms with E-state index in [0.29, 0.717) is 6.42 Å². The van der Waals surface area contributed by atoms with Crippen LogP contribution in [-0.4, -0.2) is 17.5 Å². The smallest absolute Gasteiger partial charge is 0.140 e. The van der Waals surface area contributed by atoms with E-state index in [1.54, 1.807) is 0 Å². The molecule has 0 saturated heterocycles. The minimum Gasteiger partial charge on any atom is -0.493 e. The summed E-state index contributed by atoms with van der Waals surface area (Å²) in [6.45, 7) is 6.04. The zero-order chi connectivity index (χ0) is 44.4. The number of benzene rings is 1. The lowest BCUT2D eigenvalue weighted by Gasteiger charge is -2.21. The SMILES string of the molecule is CCCCCCCCCCCCCCCCCCCCCCOc1cc(OCCCCCCCCCCCCCCCCCCCCCC)cc(C(Cl)C2=CCC(Cl)(Cl)C=C2)c1. The maximum atomic E-state index is 7.05. The van der Waals surface area contributed by atoms with E-state index in [0.717, 1.165) is 48.7 Å². The van der Waals surface area contributed by atoms with Gasteiger partial charge >= 0.3 is 0 Å². The fourth-order valence-electron chi connectivity index (χ4n) is 8.99. The number of alkyl halides is 3. The number of allylic oxidation sites excluding steroid dienone is 4. The predicted octanol–water partition coefficient (Wildman–Crippen LogP) is 21.4. The highest BCUT2D eigenvalue weighted by Gasteiger charge is 2.25. The molecule has 0 heterocycles. The topological polar surface area (TPSA) is 18.5 Å². The molecule has 1 aliphatic carbocycles. The van der Waals surface area contributed by atoms with Crippen molar-refractivity contribution in [1.82, 2.24) is 0 Å². The van der Waals surface area contributed by atoms with Crippen molar-refractivity contribution in [2.75, 3.05) is 13.2 Å². The van der Waals surface area contributed by atoms with E-state index in [1.165, 1.54) is 244 Å². The molecular formula is C57H99Cl3O2. The van der Waals surface area contributed by atoms with Crippen LogP contribution in [0.25, 0.3) is 0 Å². The molecule has 0 bridgehead atoms. The van der Waals surface area contributed by atoms with Gasteiger partial charge in [0.2, 0.25) is 0 Å². The molecule has 1 aliphatic rings. The first-order valence-corrected chi connectivity index (χ1v) is 28.5. The molecular weight excluding hydrogens is 823 g/mol. The largest absolute Gasteiger partial charge is 0.493 e. The summed E-state index contributed by atoms with van der Waals surface area (Å²) < 4.78 is 11.8. The Balaban J connectivity index is 1.54. The quantitative estimate of drug-likeness (QED) is 0.0479. The van der Waals surface area contributed by atoms with Gasteiger partial charge in [-0.1, -0.05) is 293 Å². The predicted molar refractivity (Wildman–Crippen MR) is 278 cm³/mol. The molecule has 1 aromatic carbocycles. The molecule has 0 amide bonds. The lowest BCUT2D eigenvalue weighted by Crippen LogP contribution is -2.11. The Labute approximate surface area is 401 Å². The van der Waals surface area contributed by atoms with Gasteiger partial charge in [-0.3, -0.25) is 0 Å². The molecule has 0 N–H and O–H groups in total. The van der Waals surface area contributed by atoms with Gasteiger partial charge in [-0.25, -0.2) is 0 Å². The molecule has 360 valence electrons. The van der Waals surface area contributed by atoms with Crippen molar-refractivity contribution in [3.8, 4) is 11.5 Å². The van der Waals surface area contributed by atoms with Gasteiger partial charge in [0.15, 0.2) is 0 Å². The number of hydrogen-bond donors (Lipinski definition) is 0. The van der Waals surface area contributed by atoms with Crippen LogP contribution in [-0.2, 0) is 0 Å². The third-order valence-electron chi connectivity index (χ3n) is 13.2. The summed E-state index contributed by atoms with van der Waals surface area (Å²) >= 11 is 19.7. The molecule has 0 spiro atoms. The van der Waals surface area contributed by atoms with Crippen molar-refractivity contribution < 1.29 is 9.47 Å². The fraction of sp³-hybridized carbons (Fsp3) is 0.825. The standard InChI is InChI=1S/C57H99Cl3O2/c1-3-5-7-9-11-13-15-17-19-21-23-25-27-29-31-33-35-37-39-41-47-61-54-49-53(56(58)52-43-45-57(59,60)46-44-52)50-55(51-54)62-48-42-40-38-36-34-32-30-28-26-24-22-20-18-16-14-12-10-8-6-4-2/h43-45,49-51,56H,3-42,46-48H2,1-2H3. The van der Waals surface area contributed by atoms with Gasteiger partial charge in [-0.15, -0.1) is 11.6 Å². The molecule has 2 nitrogen and oxygen atoms in total. The Morgan fingerprint density at radius 2 is 0.694 bits per heavy atom. The lowest BCUT2D eigenvalue weighted by molar-refractivity contribution is 0.289. The second kappa shape index (κ2) is 41.6. The van der Waals surface area contributed by atoms with Crippen LogP contribution >= 0.6 is 34.8 Å². The number of ether oxygens (including phenoxy) is 2. The summed E-state index contributed by atoms with van der Waals surface area (Å²) in [5.41, 5.74) is 1.99. The lowest BCUT2D eigenvalue weighted by atomic mass is 9.98. The van der Waals surface area contributed by atoms with E-state index in [1.807, 2.05) is 24.3 Å². The van der Waals surface area contributed by atoms with Crippen LogP contribution in [0.15, 0.2) is 42.0 Å². The van der Waals surface area contributed by atoms with E-state index < -0.39 is 4.33 Å². The van der Waals surface area contributed by atoms with Crippen LogP contribution in [0.4, 0.5) is 0 Å². The van der Waals surface area contributed by atoms with Crippen LogP contribution in [0, 0.1) is 0 Å². The Bertz CT molecular complexity index is 1130. The molecule has 1 aromatic rings. The van der Waals surface area contributed by atoms with Crippen molar-refractivity contribution in [1.29, 1.82) is 0 Å². The van der Waals surface area contributed by atoms with Gasteiger partial charge in [0.25, 0.3) is 0 Å². The summed E-state index contributed by atoms with van der Waals surface area (Å²) in [6.07, 6.45) is 62.0. The number of unbranched alkanes of at least 4 members (excludes halogenated alkanes) is 38. The number of halogens is 3. The van der Waals surface area contributed by atoms with Crippen LogP contribution in [0.5, 0.6) is 11.5 Å². The van der Waals surface area contributed by atoms with Crippen LogP contribution in [0.2, 0.25) is 0 Å². The first-order valence-electron chi connectivity index (χ1n) is 27.3. The molecule has 0 fully saturated rings. The van der Waals surface area contributed by atoms with Crippen LogP contribution in [0.3, 0.4) is 0 Å². The Morgan fingerprint density at radius 3 is 0.952 bits per heavy atom. The maximum Gasteiger partial charge on any atom is 0.140 e. The van der Waals surface area contributed by atoms with Crippen molar-refractivity contribution in [3.63, 3.8) is 0 Å². The van der Waals surface area contributed by atoms with Gasteiger partial charge in [0, 0.05) is 12.5 Å². The molecule has 0 aromatic heterocycles. The van der Waals surface area contributed by atoms with Gasteiger partial charge in [0.1, 0.15) is 15.8 Å². The third kappa shape index (κ3) is 33.6. The minimum atomic E-state index is -0.864. The number of rotatable bonds is 46. The summed E-state index contributed by atoms with van der Waals surface area (Å²) in [5, 5.41) is -0.319. The second-order valence-electron chi connectivity index (χ2n) is 19.2. The summed E-state index contributed by atoms with van der Waals surface area (Å²) in [6, 6.07) is 6.21. The van der Waals surface area contributed by atoms with E-state index >= 15 is 0 Å². The van der Waals surface area contributed by atoms with E-state index in [4.69, 9.17) is 44.3 Å². The molecule has 62 heavy (non-hydrogen) atoms. The van der Waals surface area contributed by atoms with Crippen LogP contribution < -0.4 is 9.47 Å². The Kier molecular flexibility index (Phi) is 38.4. The van der Waals surface area contributed by atoms with E-state index in [-0.39, 0.29) is 5.38 Å². The Morgan fingerprint density at radius 1 is 0.419 bits per heavy atom. The highest BCUT2D eigenvalue weighted by molar-refractivity contribution is 6.50. The summed E-state index contributed by atoms with van der Waals surface area (Å²) in [7, 11) is 0. The fourth-order valence-corrected chi connectivity index (χ4v) is 9.56. The first-order chi connectivity index (χ1) is 30.4. The third-order valence-corrected chi connectivity index (χ3v) is 14.2. The first kappa shape index (κ1) is 57.3. The van der Waals surface area contributed by atoms with Gasteiger partial charge in [-0.05, 0) is 42.2 Å². The van der Waals surface area contributed by atoms with Gasteiger partial charge < -0.3 is 9.47 Å². The molecule has 1 unspecified atom stereocenters. The molecule has 0 saturated carbocycles. The average Bonchev–Trinajstić information content (AvgIpc) is 3.27. The molecule has 1 atom stereocenters. The van der Waals surface area contributed by atoms with Crippen molar-refractivity contribution in [3.05, 3.63) is 47.6 Å². The molecule has 5 heteroatoms. The molecule has 0 aliphatic heterocycles. The summed E-state index contributed by atoms with van der Waals surface area (Å²) in [4.78, 5) is 0. The van der Waals surface area contributed by atoms with E-state index in [2.05, 4.69) is 26.0 Å². The maximum absolute atomic E-state index is 7.05. The minimum absolute atomic E-state index is 0.319. The highest BCUT2D eigenvalue weighted by atomic mass is 35.5. The van der Waals surface area contributed by atoms with Crippen molar-refractivity contribution in [2.45, 2.75) is 287 Å². The number of hydrogen-bond acceptors (Lipinski definition) is 2. The van der Waals surface area contributed by atoms with Gasteiger partial charge in [0.05, 0.1) is 18.6 Å². The Hall–Kier alpha value is -0.830. The monoisotopic (exact) mass is 921 g/mol. The normalized spacial score (nSPS) is 14.0. The van der Waals surface area contributed by atoms with Crippen molar-refractivity contribution in [2.24, 2.45) is 0 Å². The zero-order valence-electron chi connectivity index (χ0n) is 40.9. The zero-order valence-corrected chi connectivity index (χ0v) is 43.2.